The number of nitrogens with one attached hydrogen (secondary N) is 6. The molecule has 0 aromatic heterocycles. The fourth-order valence-electron chi connectivity index (χ4n) is 6.23. The highest BCUT2D eigenvalue weighted by atomic mass is 32.2. The first-order valence-corrected chi connectivity index (χ1v) is 19.9. The standard InChI is InChI=1S/C32H56N6O9S2/c39-27(7-3-1-5-25-29-23(21-48-25)35-31(41)37-29)33-9-11-43-13-15-45-17-19-47-20-18-46-16-14-44-12-10-34-28(40)8-4-2-6-26-30-24(22-49-26)36-32(42)38-30/h23-26,29-30H,1-22H2,(H,33,39)(H,34,40)(H2,35,37,41)(H2,36,38,42)/t23-,24+,25-,26+,29-,30-/m0/s1. The van der Waals surface area contributed by atoms with Gasteiger partial charge in [0.15, 0.2) is 0 Å². The molecule has 0 aromatic rings. The zero-order valence-electron chi connectivity index (χ0n) is 28.5. The molecule has 0 bridgehead atoms. The molecule has 49 heavy (non-hydrogen) atoms. The fraction of sp³-hybridized carbons (Fsp3) is 0.875. The second kappa shape index (κ2) is 23.5. The van der Waals surface area contributed by atoms with Gasteiger partial charge in [-0.15, -0.1) is 0 Å². The Balaban J connectivity index is 0.794. The summed E-state index contributed by atoms with van der Waals surface area (Å²) < 4.78 is 27.5. The van der Waals surface area contributed by atoms with Crippen LogP contribution in [0.1, 0.15) is 51.4 Å². The van der Waals surface area contributed by atoms with Gasteiger partial charge in [0.25, 0.3) is 0 Å². The van der Waals surface area contributed by atoms with E-state index in [2.05, 4.69) is 31.9 Å². The van der Waals surface area contributed by atoms with Crippen LogP contribution in [0.15, 0.2) is 0 Å². The second-order valence-corrected chi connectivity index (χ2v) is 15.0. The second-order valence-electron chi connectivity index (χ2n) is 12.5. The normalized spacial score (nSPS) is 25.3. The van der Waals surface area contributed by atoms with Crippen molar-refractivity contribution in [3.05, 3.63) is 0 Å². The summed E-state index contributed by atoms with van der Waals surface area (Å²) in [7, 11) is 0. The molecule has 0 unspecified atom stereocenters. The summed E-state index contributed by atoms with van der Waals surface area (Å²) in [4.78, 5) is 47.0. The van der Waals surface area contributed by atoms with Crippen molar-refractivity contribution < 1.29 is 42.9 Å². The molecule has 15 nitrogen and oxygen atoms in total. The quantitative estimate of drug-likeness (QED) is 0.0493. The van der Waals surface area contributed by atoms with Gasteiger partial charge in [-0.3, -0.25) is 9.59 Å². The number of unbranched alkanes of at least 4 members (excludes halogenated alkanes) is 2. The molecule has 6 N–H and O–H groups in total. The van der Waals surface area contributed by atoms with Crippen LogP contribution in [-0.2, 0) is 33.3 Å². The van der Waals surface area contributed by atoms with Crippen LogP contribution in [0.25, 0.3) is 0 Å². The Morgan fingerprint density at radius 3 is 1.31 bits per heavy atom. The number of ether oxygens (including phenoxy) is 5. The largest absolute Gasteiger partial charge is 0.377 e. The maximum absolute atomic E-state index is 12.0. The zero-order chi connectivity index (χ0) is 34.5. The summed E-state index contributed by atoms with van der Waals surface area (Å²) in [6.07, 6.45) is 6.65. The monoisotopic (exact) mass is 732 g/mol. The topological polar surface area (TPSA) is 187 Å². The van der Waals surface area contributed by atoms with E-state index in [-0.39, 0.29) is 48.0 Å². The minimum absolute atomic E-state index is 0.0400. The van der Waals surface area contributed by atoms with E-state index in [1.54, 1.807) is 0 Å². The Hall–Kier alpha value is -2.02. The first-order chi connectivity index (χ1) is 24.0. The van der Waals surface area contributed by atoms with Crippen LogP contribution < -0.4 is 31.9 Å². The number of urea groups is 2. The molecular formula is C32H56N6O9S2. The molecule has 6 amide bonds. The van der Waals surface area contributed by atoms with Crippen molar-refractivity contribution in [2.45, 2.75) is 86.0 Å². The van der Waals surface area contributed by atoms with Crippen LogP contribution in [0.4, 0.5) is 9.59 Å². The van der Waals surface area contributed by atoms with E-state index in [1.807, 2.05) is 23.5 Å². The summed E-state index contributed by atoms with van der Waals surface area (Å²) in [5.74, 6) is 2.00. The molecule has 4 rings (SSSR count). The molecule has 4 heterocycles. The lowest BCUT2D eigenvalue weighted by Gasteiger charge is -2.16. The molecule has 0 spiro atoms. The minimum Gasteiger partial charge on any atom is -0.377 e. The lowest BCUT2D eigenvalue weighted by molar-refractivity contribution is -0.122. The summed E-state index contributed by atoms with van der Waals surface area (Å²) >= 11 is 3.80. The summed E-state index contributed by atoms with van der Waals surface area (Å²) in [6, 6.07) is 0.805. The predicted octanol–water partition coefficient (Wildman–Crippen LogP) is 0.753. The molecule has 6 atom stereocenters. The maximum atomic E-state index is 12.0. The van der Waals surface area contributed by atoms with E-state index in [4.69, 9.17) is 23.7 Å². The predicted molar refractivity (Wildman–Crippen MR) is 188 cm³/mol. The van der Waals surface area contributed by atoms with Gasteiger partial charge in [-0.2, -0.15) is 23.5 Å². The number of carbonyl (C=O) groups excluding carboxylic acids is 4. The van der Waals surface area contributed by atoms with Gasteiger partial charge in [-0.25, -0.2) is 9.59 Å². The zero-order valence-corrected chi connectivity index (χ0v) is 30.1. The first kappa shape index (κ1) is 39.8. The van der Waals surface area contributed by atoms with E-state index in [1.165, 1.54) is 0 Å². The molecule has 4 aliphatic heterocycles. The molecule has 0 saturated carbocycles. The number of amides is 6. The van der Waals surface area contributed by atoms with Crippen molar-refractivity contribution in [1.82, 2.24) is 31.9 Å². The highest BCUT2D eigenvalue weighted by molar-refractivity contribution is 8.00. The molecule has 0 aromatic carbocycles. The van der Waals surface area contributed by atoms with Gasteiger partial charge in [0, 0.05) is 47.9 Å². The third-order valence-corrected chi connectivity index (χ3v) is 11.8. The Morgan fingerprint density at radius 2 is 0.918 bits per heavy atom. The van der Waals surface area contributed by atoms with Gasteiger partial charge >= 0.3 is 12.1 Å². The van der Waals surface area contributed by atoms with Gasteiger partial charge < -0.3 is 55.6 Å². The third kappa shape index (κ3) is 15.4. The smallest absolute Gasteiger partial charge is 0.315 e. The molecule has 280 valence electrons. The van der Waals surface area contributed by atoms with Gasteiger partial charge in [0.2, 0.25) is 11.8 Å². The maximum Gasteiger partial charge on any atom is 0.315 e. The molecule has 17 heteroatoms. The SMILES string of the molecule is O=C(CCCC[C@@H]1SC[C@@H]2NC(=O)N[C@@H]21)NCCOCCOCCOCCOCCOCCNC(=O)CCCC[C@H]1SC[C@H]2NC(=O)N[C@@H]21. The lowest BCUT2D eigenvalue weighted by atomic mass is 10.0. The lowest BCUT2D eigenvalue weighted by Crippen LogP contribution is -2.36. The Bertz CT molecular complexity index is 942. The highest BCUT2D eigenvalue weighted by Crippen LogP contribution is 2.34. The molecule has 0 aliphatic carbocycles. The number of hydrogen-bond donors (Lipinski definition) is 6. The number of carbonyl (C=O) groups is 4. The van der Waals surface area contributed by atoms with E-state index in [0.717, 1.165) is 50.0 Å². The van der Waals surface area contributed by atoms with Crippen LogP contribution in [0.2, 0.25) is 0 Å². The van der Waals surface area contributed by atoms with Crippen LogP contribution in [-0.4, -0.2) is 149 Å². The number of fused-ring (bicyclic) bond motifs is 2. The average Bonchev–Trinajstić information content (AvgIpc) is 3.84. The third-order valence-electron chi connectivity index (χ3n) is 8.79. The van der Waals surface area contributed by atoms with E-state index in [0.29, 0.717) is 102 Å². The van der Waals surface area contributed by atoms with Crippen LogP contribution in [0, 0.1) is 0 Å². The molecular weight excluding hydrogens is 677 g/mol. The van der Waals surface area contributed by atoms with Crippen molar-refractivity contribution in [3.8, 4) is 0 Å². The van der Waals surface area contributed by atoms with E-state index in [9.17, 15) is 19.2 Å². The minimum atomic E-state index is -0.0622. The summed E-state index contributed by atoms with van der Waals surface area (Å²) in [5.41, 5.74) is 0. The van der Waals surface area contributed by atoms with Crippen molar-refractivity contribution >= 4 is 47.4 Å². The summed E-state index contributed by atoms with van der Waals surface area (Å²) in [5, 5.41) is 18.6. The average molecular weight is 733 g/mol. The number of thioether (sulfide) groups is 2. The Labute approximate surface area is 298 Å². The number of hydrogen-bond acceptors (Lipinski definition) is 11. The van der Waals surface area contributed by atoms with E-state index >= 15 is 0 Å². The molecule has 4 aliphatic rings. The van der Waals surface area contributed by atoms with Gasteiger partial charge in [-0.1, -0.05) is 12.8 Å². The van der Waals surface area contributed by atoms with Gasteiger partial charge in [-0.05, 0) is 25.7 Å². The number of rotatable bonds is 28. The van der Waals surface area contributed by atoms with Crippen LogP contribution >= 0.6 is 23.5 Å². The van der Waals surface area contributed by atoms with Gasteiger partial charge in [0.05, 0.1) is 90.2 Å². The fourth-order valence-corrected chi connectivity index (χ4v) is 9.32. The van der Waals surface area contributed by atoms with Crippen molar-refractivity contribution in [2.75, 3.05) is 90.7 Å². The van der Waals surface area contributed by atoms with Crippen molar-refractivity contribution in [3.63, 3.8) is 0 Å². The van der Waals surface area contributed by atoms with Crippen molar-refractivity contribution in [1.29, 1.82) is 0 Å². The van der Waals surface area contributed by atoms with E-state index < -0.39 is 0 Å². The molecule has 0 radical (unpaired) electrons. The highest BCUT2D eigenvalue weighted by Gasteiger charge is 2.43. The summed E-state index contributed by atoms with van der Waals surface area (Å²) in [6.45, 7) is 5.56. The van der Waals surface area contributed by atoms with Crippen LogP contribution in [0.3, 0.4) is 0 Å². The molecule has 4 saturated heterocycles. The first-order valence-electron chi connectivity index (χ1n) is 17.8. The van der Waals surface area contributed by atoms with Gasteiger partial charge in [0.1, 0.15) is 0 Å². The van der Waals surface area contributed by atoms with Crippen molar-refractivity contribution in [2.24, 2.45) is 0 Å². The van der Waals surface area contributed by atoms with Crippen LogP contribution in [0.5, 0.6) is 0 Å². The Kier molecular flexibility index (Phi) is 19.0. The molecule has 4 fully saturated rings. The Morgan fingerprint density at radius 1 is 0.551 bits per heavy atom.